The number of fused-ring (bicyclic) bond motifs is 1. The molecule has 130 valence electrons. The first kappa shape index (κ1) is 17.5. The Hall–Kier alpha value is -1.34. The van der Waals surface area contributed by atoms with Crippen LogP contribution in [0, 0.1) is 0 Å². The lowest BCUT2D eigenvalue weighted by atomic mass is 9.95. The molecule has 3 rings (SSSR count). The number of hydrogen-bond donors (Lipinski definition) is 0. The van der Waals surface area contributed by atoms with Gasteiger partial charge in [0.25, 0.3) is 5.56 Å². The first-order chi connectivity index (χ1) is 11.5. The summed E-state index contributed by atoms with van der Waals surface area (Å²) in [6.07, 6.45) is 6.66. The molecule has 0 atom stereocenters. The average molecular weight is 367 g/mol. The Kier molecular flexibility index (Phi) is 5.30. The SMILES string of the molecule is CS(=O)(=O)CCSc1nc2ccccc2c(=O)n1C1CCCCC1. The summed E-state index contributed by atoms with van der Waals surface area (Å²) < 4.78 is 24.6. The monoisotopic (exact) mass is 366 g/mol. The normalized spacial score (nSPS) is 16.5. The zero-order valence-electron chi connectivity index (χ0n) is 13.8. The zero-order valence-corrected chi connectivity index (χ0v) is 15.4. The molecule has 0 N–H and O–H groups in total. The molecule has 1 saturated carbocycles. The van der Waals surface area contributed by atoms with Gasteiger partial charge in [0.05, 0.1) is 16.7 Å². The number of sulfone groups is 1. The lowest BCUT2D eigenvalue weighted by Crippen LogP contribution is -2.29. The third-order valence-electron chi connectivity index (χ3n) is 4.40. The summed E-state index contributed by atoms with van der Waals surface area (Å²) in [6.45, 7) is 0. The Balaban J connectivity index is 2.02. The molecule has 1 aromatic heterocycles. The maximum atomic E-state index is 13.0. The van der Waals surface area contributed by atoms with E-state index in [4.69, 9.17) is 0 Å². The molecule has 0 saturated heterocycles. The molecule has 0 unspecified atom stereocenters. The maximum absolute atomic E-state index is 13.0. The Morgan fingerprint density at radius 2 is 1.92 bits per heavy atom. The third kappa shape index (κ3) is 4.00. The van der Waals surface area contributed by atoms with Gasteiger partial charge >= 0.3 is 0 Å². The number of nitrogens with zero attached hydrogens (tertiary/aromatic N) is 2. The highest BCUT2D eigenvalue weighted by Gasteiger charge is 2.22. The lowest BCUT2D eigenvalue weighted by Gasteiger charge is -2.26. The van der Waals surface area contributed by atoms with Crippen LogP contribution in [-0.2, 0) is 9.84 Å². The number of thioether (sulfide) groups is 1. The summed E-state index contributed by atoms with van der Waals surface area (Å²) >= 11 is 1.37. The van der Waals surface area contributed by atoms with E-state index in [0.717, 1.165) is 25.7 Å². The molecule has 0 radical (unpaired) electrons. The predicted octanol–water partition coefficient (Wildman–Crippen LogP) is 3.04. The third-order valence-corrected chi connectivity index (χ3v) is 6.56. The second kappa shape index (κ2) is 7.27. The Morgan fingerprint density at radius 3 is 2.62 bits per heavy atom. The van der Waals surface area contributed by atoms with Crippen LogP contribution >= 0.6 is 11.8 Å². The van der Waals surface area contributed by atoms with Gasteiger partial charge in [-0.25, -0.2) is 13.4 Å². The Morgan fingerprint density at radius 1 is 1.21 bits per heavy atom. The molecule has 5 nitrogen and oxygen atoms in total. The highest BCUT2D eigenvalue weighted by atomic mass is 32.2. The van der Waals surface area contributed by atoms with Crippen LogP contribution in [-0.4, -0.2) is 35.7 Å². The Labute approximate surface area is 146 Å². The molecule has 1 aliphatic rings. The molecule has 1 fully saturated rings. The summed E-state index contributed by atoms with van der Waals surface area (Å²) in [5, 5.41) is 1.28. The first-order valence-corrected chi connectivity index (χ1v) is 11.3. The first-order valence-electron chi connectivity index (χ1n) is 8.27. The molecule has 0 bridgehead atoms. The standard InChI is InChI=1S/C17H22N2O3S2/c1-24(21,22)12-11-23-17-18-15-10-6-5-9-14(15)16(20)19(17)13-7-3-2-4-8-13/h5-6,9-10,13H,2-4,7-8,11-12H2,1H3. The van der Waals surface area contributed by atoms with Crippen LogP contribution < -0.4 is 5.56 Å². The number of hydrogen-bond acceptors (Lipinski definition) is 5. The van der Waals surface area contributed by atoms with E-state index in [0.29, 0.717) is 21.8 Å². The molecule has 1 heterocycles. The van der Waals surface area contributed by atoms with Crippen molar-refractivity contribution in [2.75, 3.05) is 17.8 Å². The smallest absolute Gasteiger partial charge is 0.262 e. The van der Waals surface area contributed by atoms with Gasteiger partial charge in [0.1, 0.15) is 9.84 Å². The van der Waals surface area contributed by atoms with Gasteiger partial charge in [0.2, 0.25) is 0 Å². The molecular weight excluding hydrogens is 344 g/mol. The van der Waals surface area contributed by atoms with Gasteiger partial charge in [0.15, 0.2) is 5.16 Å². The van der Waals surface area contributed by atoms with Gasteiger partial charge < -0.3 is 0 Å². The van der Waals surface area contributed by atoms with Crippen LogP contribution in [0.4, 0.5) is 0 Å². The average Bonchev–Trinajstić information content (AvgIpc) is 2.55. The van der Waals surface area contributed by atoms with Crippen molar-refractivity contribution >= 4 is 32.5 Å². The minimum absolute atomic E-state index is 0.00523. The van der Waals surface area contributed by atoms with Crippen LogP contribution in [0.3, 0.4) is 0 Å². The van der Waals surface area contributed by atoms with Crippen molar-refractivity contribution < 1.29 is 8.42 Å². The number of rotatable bonds is 5. The van der Waals surface area contributed by atoms with Gasteiger partial charge in [-0.15, -0.1) is 0 Å². The van der Waals surface area contributed by atoms with Crippen molar-refractivity contribution in [1.29, 1.82) is 0 Å². The number of benzene rings is 1. The largest absolute Gasteiger partial charge is 0.284 e. The van der Waals surface area contributed by atoms with Gasteiger partial charge in [-0.3, -0.25) is 9.36 Å². The second-order valence-corrected chi connectivity index (χ2v) is 9.68. The van der Waals surface area contributed by atoms with Gasteiger partial charge in [-0.05, 0) is 25.0 Å². The van der Waals surface area contributed by atoms with Gasteiger partial charge in [-0.2, -0.15) is 0 Å². The molecule has 0 spiro atoms. The summed E-state index contributed by atoms with van der Waals surface area (Å²) in [5.41, 5.74) is 0.672. The molecule has 1 aromatic carbocycles. The van der Waals surface area contributed by atoms with Crippen LogP contribution in [0.1, 0.15) is 38.1 Å². The molecule has 7 heteroatoms. The number of aromatic nitrogens is 2. The Bertz CT molecular complexity index is 884. The van der Waals surface area contributed by atoms with Crippen LogP contribution in [0.25, 0.3) is 10.9 Å². The highest BCUT2D eigenvalue weighted by Crippen LogP contribution is 2.31. The van der Waals surface area contributed by atoms with Crippen molar-refractivity contribution in [3.05, 3.63) is 34.6 Å². The van der Waals surface area contributed by atoms with E-state index in [2.05, 4.69) is 4.98 Å². The van der Waals surface area contributed by atoms with E-state index >= 15 is 0 Å². The fourth-order valence-electron chi connectivity index (χ4n) is 3.17. The van der Waals surface area contributed by atoms with Crippen molar-refractivity contribution in [2.45, 2.75) is 43.3 Å². The lowest BCUT2D eigenvalue weighted by molar-refractivity contribution is 0.326. The van der Waals surface area contributed by atoms with Gasteiger partial charge in [-0.1, -0.05) is 43.2 Å². The maximum Gasteiger partial charge on any atom is 0.262 e. The number of para-hydroxylation sites is 1. The van der Waals surface area contributed by atoms with E-state index in [1.165, 1.54) is 24.4 Å². The van der Waals surface area contributed by atoms with Gasteiger partial charge in [0, 0.05) is 18.1 Å². The van der Waals surface area contributed by atoms with E-state index < -0.39 is 9.84 Å². The molecular formula is C17H22N2O3S2. The minimum Gasteiger partial charge on any atom is -0.284 e. The fraction of sp³-hybridized carbons (Fsp3) is 0.529. The molecule has 2 aromatic rings. The quantitative estimate of drug-likeness (QED) is 0.601. The molecule has 24 heavy (non-hydrogen) atoms. The van der Waals surface area contributed by atoms with E-state index in [1.807, 2.05) is 28.8 Å². The predicted molar refractivity (Wildman–Crippen MR) is 98.6 cm³/mol. The minimum atomic E-state index is -3.02. The summed E-state index contributed by atoms with van der Waals surface area (Å²) in [7, 11) is -3.02. The van der Waals surface area contributed by atoms with Crippen LogP contribution in [0.2, 0.25) is 0 Å². The van der Waals surface area contributed by atoms with E-state index in [1.54, 1.807) is 0 Å². The van der Waals surface area contributed by atoms with Crippen molar-refractivity contribution in [3.8, 4) is 0 Å². The summed E-state index contributed by atoms with van der Waals surface area (Å²) in [6, 6.07) is 7.54. The van der Waals surface area contributed by atoms with Crippen LogP contribution in [0.15, 0.2) is 34.2 Å². The second-order valence-electron chi connectivity index (χ2n) is 6.36. The van der Waals surface area contributed by atoms with Crippen molar-refractivity contribution in [3.63, 3.8) is 0 Å². The molecule has 0 amide bonds. The molecule has 1 aliphatic carbocycles. The van der Waals surface area contributed by atoms with E-state index in [9.17, 15) is 13.2 Å². The summed E-state index contributed by atoms with van der Waals surface area (Å²) in [4.78, 5) is 17.7. The zero-order chi connectivity index (χ0) is 17.2. The van der Waals surface area contributed by atoms with Crippen molar-refractivity contribution in [2.24, 2.45) is 0 Å². The van der Waals surface area contributed by atoms with E-state index in [-0.39, 0.29) is 17.4 Å². The highest BCUT2D eigenvalue weighted by molar-refractivity contribution is 8.00. The van der Waals surface area contributed by atoms with Crippen molar-refractivity contribution in [1.82, 2.24) is 9.55 Å². The molecule has 0 aliphatic heterocycles. The summed E-state index contributed by atoms with van der Waals surface area (Å²) in [5.74, 6) is 0.501. The fourth-order valence-corrected chi connectivity index (χ4v) is 5.43. The topological polar surface area (TPSA) is 69.0 Å². The van der Waals surface area contributed by atoms with Crippen LogP contribution in [0.5, 0.6) is 0 Å².